The number of rotatable bonds is 2. The molecule has 17 heavy (non-hydrogen) atoms. The Bertz CT molecular complexity index is 623. The van der Waals surface area contributed by atoms with Crippen LogP contribution in [0.4, 0.5) is 0 Å². The highest BCUT2D eigenvalue weighted by atomic mass is 35.5. The van der Waals surface area contributed by atoms with Crippen molar-refractivity contribution in [3.05, 3.63) is 28.4 Å². The molecule has 2 rings (SSSR count). The molecule has 2 aromatic rings. The normalized spacial score (nSPS) is 10.5. The van der Waals surface area contributed by atoms with E-state index < -0.39 is 0 Å². The number of hydrogen-bond donors (Lipinski definition) is 0. The summed E-state index contributed by atoms with van der Waals surface area (Å²) in [5.74, 6) is 0.762. The van der Waals surface area contributed by atoms with Gasteiger partial charge in [0.2, 0.25) is 0 Å². The fourth-order valence-corrected chi connectivity index (χ4v) is 2.47. The third kappa shape index (κ3) is 1.65. The lowest BCUT2D eigenvalue weighted by Crippen LogP contribution is -1.92. The molecule has 0 aliphatic heterocycles. The topological polar surface area (TPSA) is 37.9 Å². The van der Waals surface area contributed by atoms with Crippen LogP contribution in [0, 0.1) is 18.3 Å². The van der Waals surface area contributed by atoms with Crippen molar-refractivity contribution in [1.29, 1.82) is 5.26 Å². The van der Waals surface area contributed by atoms with E-state index in [0.717, 1.165) is 27.9 Å². The summed E-state index contributed by atoms with van der Waals surface area (Å²) in [6, 6.07) is 5.85. The van der Waals surface area contributed by atoms with Gasteiger partial charge in [0.25, 0.3) is 0 Å². The Morgan fingerprint density at radius 2 is 2.18 bits per heavy atom. The monoisotopic (exact) mass is 248 g/mol. The highest BCUT2D eigenvalue weighted by molar-refractivity contribution is 6.35. The van der Waals surface area contributed by atoms with Gasteiger partial charge in [0.05, 0.1) is 30.1 Å². The molecule has 0 radical (unpaired) electrons. The van der Waals surface area contributed by atoms with Crippen molar-refractivity contribution in [1.82, 2.24) is 4.57 Å². The van der Waals surface area contributed by atoms with Gasteiger partial charge in [-0.05, 0) is 24.6 Å². The van der Waals surface area contributed by atoms with E-state index in [4.69, 9.17) is 21.6 Å². The van der Waals surface area contributed by atoms with Crippen LogP contribution in [0.3, 0.4) is 0 Å². The van der Waals surface area contributed by atoms with Gasteiger partial charge in [-0.1, -0.05) is 11.6 Å². The van der Waals surface area contributed by atoms with Gasteiger partial charge in [-0.25, -0.2) is 0 Å². The number of nitrogens with zero attached hydrogens (tertiary/aromatic N) is 2. The van der Waals surface area contributed by atoms with Gasteiger partial charge in [0.15, 0.2) is 0 Å². The number of nitriles is 1. The van der Waals surface area contributed by atoms with Crippen LogP contribution in [0.5, 0.6) is 5.75 Å². The number of methoxy groups -OCH3 is 1. The average Bonchev–Trinajstić information content (AvgIpc) is 2.57. The third-order valence-electron chi connectivity index (χ3n) is 3.14. The molecule has 0 fully saturated rings. The van der Waals surface area contributed by atoms with Gasteiger partial charge in [0, 0.05) is 18.1 Å². The molecule has 0 saturated carbocycles. The van der Waals surface area contributed by atoms with Gasteiger partial charge < -0.3 is 9.30 Å². The predicted octanol–water partition coefficient (Wildman–Crippen LogP) is 3.21. The second kappa shape index (κ2) is 4.31. The maximum absolute atomic E-state index is 8.91. The van der Waals surface area contributed by atoms with E-state index in [1.807, 2.05) is 30.7 Å². The zero-order valence-electron chi connectivity index (χ0n) is 10.0. The van der Waals surface area contributed by atoms with Gasteiger partial charge in [0.1, 0.15) is 5.75 Å². The minimum atomic E-state index is 0.361. The highest BCUT2D eigenvalue weighted by Gasteiger charge is 2.17. The molecule has 0 bridgehead atoms. The van der Waals surface area contributed by atoms with E-state index in [9.17, 15) is 0 Å². The van der Waals surface area contributed by atoms with Gasteiger partial charge in [-0.3, -0.25) is 0 Å². The van der Waals surface area contributed by atoms with E-state index in [0.29, 0.717) is 11.4 Å². The first-order chi connectivity index (χ1) is 8.11. The summed E-state index contributed by atoms with van der Waals surface area (Å²) in [5.41, 5.74) is 2.96. The number of aromatic nitrogens is 1. The molecule has 1 heterocycles. The summed E-state index contributed by atoms with van der Waals surface area (Å²) in [4.78, 5) is 0. The molecule has 4 heteroatoms. The lowest BCUT2D eigenvalue weighted by atomic mass is 10.1. The van der Waals surface area contributed by atoms with Crippen LogP contribution in [-0.4, -0.2) is 11.7 Å². The van der Waals surface area contributed by atoms with Crippen LogP contribution in [0.15, 0.2) is 12.1 Å². The minimum Gasteiger partial charge on any atom is -0.496 e. The Morgan fingerprint density at radius 1 is 1.47 bits per heavy atom. The van der Waals surface area contributed by atoms with Crippen molar-refractivity contribution in [2.24, 2.45) is 7.05 Å². The number of hydrogen-bond acceptors (Lipinski definition) is 2. The fourth-order valence-electron chi connectivity index (χ4n) is 2.18. The highest BCUT2D eigenvalue weighted by Crippen LogP contribution is 2.37. The van der Waals surface area contributed by atoms with E-state index >= 15 is 0 Å². The second-order valence-corrected chi connectivity index (χ2v) is 4.34. The average molecular weight is 249 g/mol. The lowest BCUT2D eigenvalue weighted by molar-refractivity contribution is 0.419. The van der Waals surface area contributed by atoms with Crippen LogP contribution in [0.1, 0.15) is 11.3 Å². The van der Waals surface area contributed by atoms with Crippen molar-refractivity contribution in [3.8, 4) is 11.8 Å². The molecule has 0 aliphatic carbocycles. The Labute approximate surface area is 105 Å². The lowest BCUT2D eigenvalue weighted by Gasteiger charge is -2.05. The zero-order chi connectivity index (χ0) is 12.6. The number of fused-ring (bicyclic) bond motifs is 1. The summed E-state index contributed by atoms with van der Waals surface area (Å²) < 4.78 is 7.36. The standard InChI is InChI=1S/C13H13ClN2O/c1-8-9(6-7-15)12-11(17-3)5-4-10(14)13(12)16(8)2/h4-5H,6H2,1-3H3. The molecule has 0 atom stereocenters. The molecular formula is C13H13ClN2O. The largest absolute Gasteiger partial charge is 0.496 e. The molecule has 3 nitrogen and oxygen atoms in total. The molecule has 0 unspecified atom stereocenters. The Kier molecular flexibility index (Phi) is 2.99. The summed E-state index contributed by atoms with van der Waals surface area (Å²) in [6.45, 7) is 1.99. The van der Waals surface area contributed by atoms with Crippen molar-refractivity contribution in [2.45, 2.75) is 13.3 Å². The first-order valence-corrected chi connectivity index (χ1v) is 5.67. The Morgan fingerprint density at radius 3 is 2.76 bits per heavy atom. The molecule has 0 spiro atoms. The molecule has 1 aromatic carbocycles. The first kappa shape index (κ1) is 11.8. The van der Waals surface area contributed by atoms with E-state index in [2.05, 4.69) is 6.07 Å². The zero-order valence-corrected chi connectivity index (χ0v) is 10.8. The van der Waals surface area contributed by atoms with E-state index in [1.165, 1.54) is 0 Å². The van der Waals surface area contributed by atoms with Crippen molar-refractivity contribution >= 4 is 22.5 Å². The first-order valence-electron chi connectivity index (χ1n) is 5.29. The second-order valence-electron chi connectivity index (χ2n) is 3.93. The molecule has 0 N–H and O–H groups in total. The van der Waals surface area contributed by atoms with Gasteiger partial charge >= 0.3 is 0 Å². The fraction of sp³-hybridized carbons (Fsp3) is 0.308. The quantitative estimate of drug-likeness (QED) is 0.819. The number of ether oxygens (including phenoxy) is 1. The van der Waals surface area contributed by atoms with Gasteiger partial charge in [-0.2, -0.15) is 5.26 Å². The summed E-state index contributed by atoms with van der Waals surface area (Å²) in [5, 5.41) is 10.5. The maximum Gasteiger partial charge on any atom is 0.128 e. The molecule has 0 saturated heterocycles. The van der Waals surface area contributed by atoms with Crippen LogP contribution in [-0.2, 0) is 13.5 Å². The molecular weight excluding hydrogens is 236 g/mol. The van der Waals surface area contributed by atoms with Crippen molar-refractivity contribution in [3.63, 3.8) is 0 Å². The van der Waals surface area contributed by atoms with Crippen LogP contribution < -0.4 is 4.74 Å². The van der Waals surface area contributed by atoms with E-state index in [1.54, 1.807) is 7.11 Å². The molecule has 88 valence electrons. The summed E-state index contributed by atoms with van der Waals surface area (Å²) in [6.07, 6.45) is 0.361. The summed E-state index contributed by atoms with van der Waals surface area (Å²) in [7, 11) is 3.57. The van der Waals surface area contributed by atoms with Crippen molar-refractivity contribution < 1.29 is 4.74 Å². The molecule has 0 amide bonds. The number of aryl methyl sites for hydroxylation is 1. The maximum atomic E-state index is 8.91. The minimum absolute atomic E-state index is 0.361. The summed E-state index contributed by atoms with van der Waals surface area (Å²) >= 11 is 6.22. The van der Waals surface area contributed by atoms with Crippen LogP contribution in [0.2, 0.25) is 5.02 Å². The van der Waals surface area contributed by atoms with Gasteiger partial charge in [-0.15, -0.1) is 0 Å². The van der Waals surface area contributed by atoms with Crippen LogP contribution >= 0.6 is 11.6 Å². The predicted molar refractivity (Wildman–Crippen MR) is 68.5 cm³/mol. The van der Waals surface area contributed by atoms with Crippen molar-refractivity contribution in [2.75, 3.05) is 7.11 Å². The molecule has 0 aliphatic rings. The number of halogens is 1. The SMILES string of the molecule is COc1ccc(Cl)c2c1c(CC#N)c(C)n2C. The number of benzene rings is 1. The van der Waals surface area contributed by atoms with E-state index in [-0.39, 0.29) is 0 Å². The van der Waals surface area contributed by atoms with Crippen LogP contribution in [0.25, 0.3) is 10.9 Å². The molecule has 1 aromatic heterocycles. The third-order valence-corrected chi connectivity index (χ3v) is 3.45. The Hall–Kier alpha value is -1.66. The smallest absolute Gasteiger partial charge is 0.128 e. The Balaban J connectivity index is 2.94.